The lowest BCUT2D eigenvalue weighted by atomic mass is 10.1. The monoisotopic (exact) mass is 298 g/mol. The number of hydrogen-bond acceptors (Lipinski definition) is 2. The van der Waals surface area contributed by atoms with Crippen molar-refractivity contribution in [2.45, 2.75) is 26.3 Å². The summed E-state index contributed by atoms with van der Waals surface area (Å²) in [5.41, 5.74) is 1.02. The molecule has 0 saturated heterocycles. The quantitative estimate of drug-likeness (QED) is 0.844. The Bertz CT molecular complexity index is 368. The Kier molecular flexibility index (Phi) is 6.22. The molecular weight excluding hydrogens is 280 g/mol. The topological polar surface area (TPSA) is 41.1 Å². The van der Waals surface area contributed by atoms with Crippen LogP contribution in [0.25, 0.3) is 0 Å². The van der Waals surface area contributed by atoms with Gasteiger partial charge in [-0.05, 0) is 31.2 Å². The number of carbonyl (C=O) groups excluding carboxylic acids is 1. The molecule has 0 spiro atoms. The average Bonchev–Trinajstić information content (AvgIpc) is 2.27. The second kappa shape index (κ2) is 7.45. The molecule has 0 saturated carbocycles. The molecule has 0 aliphatic carbocycles. The van der Waals surface area contributed by atoms with E-state index >= 15 is 0 Å². The van der Waals surface area contributed by atoms with Crippen molar-refractivity contribution in [2.24, 2.45) is 0 Å². The fraction of sp³-hybridized carbons (Fsp3) is 0.462. The lowest BCUT2D eigenvalue weighted by molar-refractivity contribution is -0.120. The highest BCUT2D eigenvalue weighted by molar-refractivity contribution is 9.10. The van der Waals surface area contributed by atoms with Gasteiger partial charge in [-0.15, -0.1) is 0 Å². The van der Waals surface area contributed by atoms with Crippen LogP contribution in [-0.4, -0.2) is 25.0 Å². The molecule has 0 unspecified atom stereocenters. The van der Waals surface area contributed by atoms with Crippen LogP contribution in [0.3, 0.4) is 0 Å². The van der Waals surface area contributed by atoms with Crippen LogP contribution in [0.4, 0.5) is 0 Å². The normalized spacial score (nSPS) is 12.2. The fourth-order valence-corrected chi connectivity index (χ4v) is 2.03. The van der Waals surface area contributed by atoms with E-state index in [0.29, 0.717) is 19.0 Å². The molecule has 17 heavy (non-hydrogen) atoms. The third-order valence-corrected chi connectivity index (χ3v) is 2.90. The van der Waals surface area contributed by atoms with Crippen molar-refractivity contribution >= 4 is 21.8 Å². The molecule has 0 aliphatic heterocycles. The van der Waals surface area contributed by atoms with Crippen molar-refractivity contribution < 1.29 is 4.79 Å². The van der Waals surface area contributed by atoms with Crippen LogP contribution in [0.2, 0.25) is 0 Å². The summed E-state index contributed by atoms with van der Waals surface area (Å²) < 4.78 is 1.00. The molecule has 0 fully saturated rings. The van der Waals surface area contributed by atoms with Gasteiger partial charge >= 0.3 is 0 Å². The first kappa shape index (κ1) is 14.2. The van der Waals surface area contributed by atoms with Gasteiger partial charge in [0, 0.05) is 17.1 Å². The first-order valence-electron chi connectivity index (χ1n) is 5.86. The molecular formula is C13H19BrN2O. The van der Waals surface area contributed by atoms with Gasteiger partial charge in [0.1, 0.15) is 0 Å². The van der Waals surface area contributed by atoms with Crippen molar-refractivity contribution in [1.82, 2.24) is 10.6 Å². The van der Waals surface area contributed by atoms with Gasteiger partial charge in [-0.25, -0.2) is 0 Å². The van der Waals surface area contributed by atoms with Crippen molar-refractivity contribution in [3.63, 3.8) is 0 Å². The van der Waals surface area contributed by atoms with E-state index < -0.39 is 0 Å². The minimum atomic E-state index is 0.0628. The van der Waals surface area contributed by atoms with E-state index in [2.05, 4.69) is 40.4 Å². The molecule has 1 rings (SSSR count). The van der Waals surface area contributed by atoms with Crippen LogP contribution < -0.4 is 10.6 Å². The number of amides is 1. The third-order valence-electron chi connectivity index (χ3n) is 2.41. The van der Waals surface area contributed by atoms with Crippen LogP contribution >= 0.6 is 15.9 Å². The van der Waals surface area contributed by atoms with E-state index in [1.807, 2.05) is 24.3 Å². The van der Waals surface area contributed by atoms with Gasteiger partial charge in [0.2, 0.25) is 5.91 Å². The van der Waals surface area contributed by atoms with Gasteiger partial charge in [0.25, 0.3) is 0 Å². The van der Waals surface area contributed by atoms with Gasteiger partial charge in [-0.3, -0.25) is 4.79 Å². The summed E-state index contributed by atoms with van der Waals surface area (Å²) in [6.45, 7) is 5.70. The summed E-state index contributed by atoms with van der Waals surface area (Å²) in [7, 11) is 0. The maximum Gasteiger partial charge on any atom is 0.224 e. The van der Waals surface area contributed by atoms with Crippen molar-refractivity contribution in [1.29, 1.82) is 0 Å². The van der Waals surface area contributed by atoms with E-state index in [9.17, 15) is 4.79 Å². The molecule has 1 aromatic carbocycles. The number of carbonyl (C=O) groups is 1. The summed E-state index contributed by atoms with van der Waals surface area (Å²) in [5, 5.41) is 6.17. The highest BCUT2D eigenvalue weighted by Crippen LogP contribution is 2.11. The Morgan fingerprint density at radius 1 is 1.47 bits per heavy atom. The second-order valence-electron chi connectivity index (χ2n) is 4.07. The molecule has 0 aromatic heterocycles. The van der Waals surface area contributed by atoms with E-state index in [-0.39, 0.29) is 5.91 Å². The summed E-state index contributed by atoms with van der Waals surface area (Å²) in [4.78, 5) is 11.7. The lowest BCUT2D eigenvalue weighted by Crippen LogP contribution is -2.39. The molecule has 4 heteroatoms. The standard InChI is InChI=1S/C13H19BrN2O/c1-3-15-10(2)9-16-13(17)8-11-5-4-6-12(14)7-11/h4-7,10,15H,3,8-9H2,1-2H3,(H,16,17)/t10-/m1/s1. The van der Waals surface area contributed by atoms with E-state index in [4.69, 9.17) is 0 Å². The predicted molar refractivity (Wildman–Crippen MR) is 74.0 cm³/mol. The van der Waals surface area contributed by atoms with Gasteiger partial charge in [0.15, 0.2) is 0 Å². The second-order valence-corrected chi connectivity index (χ2v) is 4.99. The van der Waals surface area contributed by atoms with Gasteiger partial charge in [-0.2, -0.15) is 0 Å². The summed E-state index contributed by atoms with van der Waals surface area (Å²) in [6, 6.07) is 8.12. The predicted octanol–water partition coefficient (Wildman–Crippen LogP) is 2.11. The third kappa shape index (κ3) is 5.84. The number of rotatable bonds is 6. The molecule has 1 atom stereocenters. The van der Waals surface area contributed by atoms with E-state index in [1.54, 1.807) is 0 Å². The zero-order valence-electron chi connectivity index (χ0n) is 10.3. The fourth-order valence-electron chi connectivity index (χ4n) is 1.58. The number of nitrogens with one attached hydrogen (secondary N) is 2. The lowest BCUT2D eigenvalue weighted by Gasteiger charge is -2.13. The molecule has 94 valence electrons. The Hall–Kier alpha value is -0.870. The van der Waals surface area contributed by atoms with Crippen LogP contribution in [0.1, 0.15) is 19.4 Å². The van der Waals surface area contributed by atoms with Crippen LogP contribution in [0.5, 0.6) is 0 Å². The first-order chi connectivity index (χ1) is 8.11. The number of hydrogen-bond donors (Lipinski definition) is 2. The summed E-state index contributed by atoms with van der Waals surface area (Å²) in [5.74, 6) is 0.0628. The van der Waals surface area contributed by atoms with Gasteiger partial charge in [0.05, 0.1) is 6.42 Å². The molecule has 0 bridgehead atoms. The Morgan fingerprint density at radius 2 is 2.24 bits per heavy atom. The minimum Gasteiger partial charge on any atom is -0.354 e. The summed E-state index contributed by atoms with van der Waals surface area (Å²) in [6.07, 6.45) is 0.429. The van der Waals surface area contributed by atoms with Gasteiger partial charge < -0.3 is 10.6 Å². The zero-order valence-corrected chi connectivity index (χ0v) is 11.9. The van der Waals surface area contributed by atoms with Crippen LogP contribution in [0.15, 0.2) is 28.7 Å². The number of halogens is 1. The first-order valence-corrected chi connectivity index (χ1v) is 6.65. The number of likely N-dealkylation sites (N-methyl/N-ethyl adjacent to an activating group) is 1. The maximum absolute atomic E-state index is 11.7. The number of benzene rings is 1. The average molecular weight is 299 g/mol. The van der Waals surface area contributed by atoms with Crippen LogP contribution in [0, 0.1) is 0 Å². The maximum atomic E-state index is 11.7. The molecule has 1 aromatic rings. The Balaban J connectivity index is 2.34. The van der Waals surface area contributed by atoms with Crippen molar-refractivity contribution in [2.75, 3.05) is 13.1 Å². The van der Waals surface area contributed by atoms with Gasteiger partial charge in [-0.1, -0.05) is 35.0 Å². The molecule has 0 radical (unpaired) electrons. The molecule has 3 nitrogen and oxygen atoms in total. The Morgan fingerprint density at radius 3 is 2.88 bits per heavy atom. The van der Waals surface area contributed by atoms with Crippen LogP contribution in [-0.2, 0) is 11.2 Å². The molecule has 0 aliphatic rings. The zero-order chi connectivity index (χ0) is 12.7. The highest BCUT2D eigenvalue weighted by atomic mass is 79.9. The molecule has 2 N–H and O–H groups in total. The highest BCUT2D eigenvalue weighted by Gasteiger charge is 2.05. The summed E-state index contributed by atoms with van der Waals surface area (Å²) >= 11 is 3.39. The molecule has 0 heterocycles. The van der Waals surface area contributed by atoms with Crippen molar-refractivity contribution in [3.8, 4) is 0 Å². The van der Waals surface area contributed by atoms with Crippen molar-refractivity contribution in [3.05, 3.63) is 34.3 Å². The minimum absolute atomic E-state index is 0.0628. The Labute approximate surface area is 111 Å². The largest absolute Gasteiger partial charge is 0.354 e. The van der Waals surface area contributed by atoms with E-state index in [1.165, 1.54) is 0 Å². The SMILES string of the molecule is CCN[C@H](C)CNC(=O)Cc1cccc(Br)c1. The smallest absolute Gasteiger partial charge is 0.224 e. The molecule has 1 amide bonds. The van der Waals surface area contributed by atoms with E-state index in [0.717, 1.165) is 16.6 Å².